The Morgan fingerprint density at radius 1 is 1.12 bits per heavy atom. The largest absolute Gasteiger partial charge is 0.506 e. The maximum absolute atomic E-state index is 12.8. The Kier molecular flexibility index (Phi) is 10.0. The van der Waals surface area contributed by atoms with Crippen molar-refractivity contribution in [3.05, 3.63) is 53.8 Å². The third-order valence-electron chi connectivity index (χ3n) is 4.00. The van der Waals surface area contributed by atoms with Crippen LogP contribution < -0.4 is 5.56 Å². The van der Waals surface area contributed by atoms with Gasteiger partial charge in [-0.15, -0.1) is 0 Å². The van der Waals surface area contributed by atoms with Gasteiger partial charge in [0.1, 0.15) is 5.75 Å². The maximum atomic E-state index is 12.8. The predicted molar refractivity (Wildman–Crippen MR) is 105 cm³/mol. The standard InChI is InChI=1S/C17H19N3O2.C2H6.CH3.Y/c1-4-19-10-13-15(21)14(12-9-7-6-8-11(12)3)17(22)20(5-2)16(13)18-19;1-2;;/h6-10,21H,4-5H2,1-3H3;1-2H3;1H3;/q;;-1;. The molecule has 0 saturated carbocycles. The topological polar surface area (TPSA) is 60.1 Å². The van der Waals surface area contributed by atoms with Gasteiger partial charge in [0.25, 0.3) is 5.56 Å². The van der Waals surface area contributed by atoms with Crippen LogP contribution in [0.1, 0.15) is 33.3 Å². The van der Waals surface area contributed by atoms with Crippen molar-refractivity contribution in [2.24, 2.45) is 0 Å². The first kappa shape index (κ1) is 24.5. The SMILES string of the molecule is CC.CCn1cc2c(O)c(-c3ccccc3C)c(=O)n(CC)c2n1.[CH3-].[Y]. The molecule has 1 radical (unpaired) electrons. The van der Waals surface area contributed by atoms with Gasteiger partial charge >= 0.3 is 0 Å². The van der Waals surface area contributed by atoms with E-state index in [0.29, 0.717) is 29.7 Å². The molecular formula is C20H28N3O2Y-. The Bertz CT molecular complexity index is 913. The molecule has 0 aliphatic heterocycles. The maximum Gasteiger partial charge on any atom is 0.263 e. The van der Waals surface area contributed by atoms with Gasteiger partial charge in [-0.25, -0.2) is 0 Å². The van der Waals surface area contributed by atoms with E-state index in [1.165, 1.54) is 0 Å². The van der Waals surface area contributed by atoms with E-state index in [4.69, 9.17) is 0 Å². The zero-order valence-corrected chi connectivity index (χ0v) is 19.4. The first-order valence-electron chi connectivity index (χ1n) is 8.47. The Hall–Kier alpha value is -1.46. The molecule has 6 heteroatoms. The summed E-state index contributed by atoms with van der Waals surface area (Å²) in [7, 11) is 0. The number of rotatable bonds is 3. The zero-order valence-electron chi connectivity index (χ0n) is 16.6. The molecule has 3 rings (SSSR count). The summed E-state index contributed by atoms with van der Waals surface area (Å²) in [4.78, 5) is 12.8. The van der Waals surface area contributed by atoms with Crippen LogP contribution in [0.15, 0.2) is 35.3 Å². The van der Waals surface area contributed by atoms with Crippen molar-refractivity contribution >= 4 is 11.0 Å². The molecule has 0 amide bonds. The normalized spacial score (nSPS) is 9.73. The molecule has 0 unspecified atom stereocenters. The average Bonchev–Trinajstić information content (AvgIpc) is 3.03. The molecule has 1 aromatic carbocycles. The van der Waals surface area contributed by atoms with Crippen LogP contribution in [0.3, 0.4) is 0 Å². The van der Waals surface area contributed by atoms with Crippen molar-refractivity contribution in [2.45, 2.75) is 47.7 Å². The number of benzene rings is 1. The molecule has 0 spiro atoms. The Morgan fingerprint density at radius 2 is 1.73 bits per heavy atom. The number of hydrogen-bond donors (Lipinski definition) is 1. The molecule has 0 aliphatic carbocycles. The summed E-state index contributed by atoms with van der Waals surface area (Å²) in [5.41, 5.74) is 2.40. The van der Waals surface area contributed by atoms with Gasteiger partial charge in [-0.2, -0.15) is 5.10 Å². The van der Waals surface area contributed by atoms with Gasteiger partial charge in [0, 0.05) is 52.0 Å². The molecule has 3 aromatic rings. The monoisotopic (exact) mass is 431 g/mol. The second-order valence-electron chi connectivity index (χ2n) is 5.31. The molecular weight excluding hydrogens is 403 g/mol. The van der Waals surface area contributed by atoms with Gasteiger partial charge in [-0.3, -0.25) is 14.0 Å². The molecule has 0 saturated heterocycles. The van der Waals surface area contributed by atoms with Crippen LogP contribution in [0.4, 0.5) is 0 Å². The molecule has 0 aliphatic rings. The van der Waals surface area contributed by atoms with Crippen molar-refractivity contribution in [2.75, 3.05) is 0 Å². The van der Waals surface area contributed by atoms with Crippen molar-refractivity contribution in [1.29, 1.82) is 0 Å². The third-order valence-corrected chi connectivity index (χ3v) is 4.00. The van der Waals surface area contributed by atoms with Gasteiger partial charge in [-0.1, -0.05) is 38.1 Å². The van der Waals surface area contributed by atoms with Gasteiger partial charge < -0.3 is 12.5 Å². The summed E-state index contributed by atoms with van der Waals surface area (Å²) >= 11 is 0. The molecule has 1 N–H and O–H groups in total. The van der Waals surface area contributed by atoms with Crippen LogP contribution >= 0.6 is 0 Å². The summed E-state index contributed by atoms with van der Waals surface area (Å²) in [6.07, 6.45) is 1.79. The molecule has 26 heavy (non-hydrogen) atoms. The fraction of sp³-hybridized carbons (Fsp3) is 0.350. The predicted octanol–water partition coefficient (Wildman–Crippen LogP) is 4.39. The molecule has 2 aromatic heterocycles. The van der Waals surface area contributed by atoms with Crippen molar-refractivity contribution in [3.63, 3.8) is 0 Å². The fourth-order valence-corrected chi connectivity index (χ4v) is 2.80. The van der Waals surface area contributed by atoms with E-state index in [1.807, 2.05) is 58.9 Å². The third kappa shape index (κ3) is 4.26. The van der Waals surface area contributed by atoms with Crippen molar-refractivity contribution in [3.8, 4) is 16.9 Å². The van der Waals surface area contributed by atoms with E-state index in [0.717, 1.165) is 11.1 Å². The van der Waals surface area contributed by atoms with E-state index in [-0.39, 0.29) is 51.4 Å². The first-order chi connectivity index (χ1) is 11.6. The molecule has 5 nitrogen and oxygen atoms in total. The van der Waals surface area contributed by atoms with Crippen LogP contribution in [-0.4, -0.2) is 19.5 Å². The van der Waals surface area contributed by atoms with E-state index in [2.05, 4.69) is 5.10 Å². The van der Waals surface area contributed by atoms with Crippen LogP contribution in [0.5, 0.6) is 5.75 Å². The van der Waals surface area contributed by atoms with Gasteiger partial charge in [0.2, 0.25) is 0 Å². The Balaban J connectivity index is 0.00000151. The van der Waals surface area contributed by atoms with Crippen LogP contribution in [0.2, 0.25) is 0 Å². The minimum atomic E-state index is -0.205. The summed E-state index contributed by atoms with van der Waals surface area (Å²) in [6, 6.07) is 7.59. The van der Waals surface area contributed by atoms with E-state index < -0.39 is 0 Å². The summed E-state index contributed by atoms with van der Waals surface area (Å²) < 4.78 is 3.35. The van der Waals surface area contributed by atoms with Gasteiger partial charge in [0.15, 0.2) is 5.65 Å². The number of pyridine rings is 1. The summed E-state index contributed by atoms with van der Waals surface area (Å²) in [6.45, 7) is 11.0. The van der Waals surface area contributed by atoms with E-state index in [9.17, 15) is 9.90 Å². The molecule has 0 atom stereocenters. The van der Waals surface area contributed by atoms with Gasteiger partial charge in [0.05, 0.1) is 10.9 Å². The second-order valence-corrected chi connectivity index (χ2v) is 5.31. The second kappa shape index (κ2) is 10.6. The smallest absolute Gasteiger partial charge is 0.263 e. The first-order valence-corrected chi connectivity index (χ1v) is 8.47. The van der Waals surface area contributed by atoms with Crippen LogP contribution in [-0.2, 0) is 45.8 Å². The Morgan fingerprint density at radius 3 is 2.27 bits per heavy atom. The van der Waals surface area contributed by atoms with Gasteiger partial charge in [-0.05, 0) is 31.9 Å². The quantitative estimate of drug-likeness (QED) is 0.626. The van der Waals surface area contributed by atoms with Crippen LogP contribution in [0, 0.1) is 14.4 Å². The number of hydrogen-bond acceptors (Lipinski definition) is 3. The summed E-state index contributed by atoms with van der Waals surface area (Å²) in [5, 5.41) is 15.7. The average molecular weight is 431 g/mol. The van der Waals surface area contributed by atoms with E-state index >= 15 is 0 Å². The minimum absolute atomic E-state index is 0. The van der Waals surface area contributed by atoms with Crippen molar-refractivity contribution < 1.29 is 37.8 Å². The zero-order chi connectivity index (χ0) is 17.9. The number of fused-ring (bicyclic) bond motifs is 1. The summed E-state index contributed by atoms with van der Waals surface area (Å²) in [5.74, 6) is 0.0127. The fourth-order valence-electron chi connectivity index (χ4n) is 2.80. The molecule has 0 bridgehead atoms. The molecule has 2 heterocycles. The Labute approximate surface area is 180 Å². The number of aromatic hydroxyl groups is 1. The number of aromatic nitrogens is 3. The minimum Gasteiger partial charge on any atom is -0.506 e. The van der Waals surface area contributed by atoms with Crippen LogP contribution in [0.25, 0.3) is 22.2 Å². The molecule has 139 valence electrons. The number of nitrogens with zero attached hydrogens (tertiary/aromatic N) is 3. The molecule has 0 fully saturated rings. The number of aryl methyl sites for hydroxylation is 3. The van der Waals surface area contributed by atoms with E-state index in [1.54, 1.807) is 15.4 Å². The van der Waals surface area contributed by atoms with Crippen molar-refractivity contribution in [1.82, 2.24) is 14.3 Å².